The minimum absolute atomic E-state index is 0.0219. The quantitative estimate of drug-likeness (QED) is 0.122. The molecule has 0 aliphatic carbocycles. The summed E-state index contributed by atoms with van der Waals surface area (Å²) in [4.78, 5) is 30.0. The predicted octanol–water partition coefficient (Wildman–Crippen LogP) is 7.45. The summed E-state index contributed by atoms with van der Waals surface area (Å²) in [6.07, 6.45) is 1.81. The van der Waals surface area contributed by atoms with Gasteiger partial charge in [0.1, 0.15) is 18.3 Å². The molecule has 0 aromatic heterocycles. The van der Waals surface area contributed by atoms with Crippen LogP contribution in [-0.2, 0) is 32.6 Å². The molecule has 0 spiro atoms. The van der Waals surface area contributed by atoms with Crippen molar-refractivity contribution in [2.75, 3.05) is 24.0 Å². The molecule has 11 heteroatoms. The molecule has 1 unspecified atom stereocenters. The van der Waals surface area contributed by atoms with Gasteiger partial charge < -0.3 is 15.0 Å². The fraction of sp³-hybridized carbons (Fsp3) is 0.297. The van der Waals surface area contributed by atoms with Crippen LogP contribution in [0, 0.1) is 6.92 Å². The third-order valence-electron chi connectivity index (χ3n) is 7.81. The monoisotopic (exact) mass is 709 g/mol. The van der Waals surface area contributed by atoms with E-state index in [4.69, 9.17) is 27.9 Å². The van der Waals surface area contributed by atoms with Crippen LogP contribution in [0.5, 0.6) is 5.75 Å². The van der Waals surface area contributed by atoms with Gasteiger partial charge in [0.2, 0.25) is 11.8 Å². The highest BCUT2D eigenvalue weighted by molar-refractivity contribution is 7.92. The van der Waals surface area contributed by atoms with Gasteiger partial charge in [-0.25, -0.2) is 8.42 Å². The first kappa shape index (κ1) is 36.8. The number of hydrogen-bond donors (Lipinski definition) is 1. The molecule has 4 rings (SSSR count). The number of benzene rings is 4. The number of ether oxygens (including phenoxy) is 1. The highest BCUT2D eigenvalue weighted by Gasteiger charge is 2.35. The van der Waals surface area contributed by atoms with E-state index in [1.807, 2.05) is 51.1 Å². The van der Waals surface area contributed by atoms with Gasteiger partial charge in [-0.1, -0.05) is 90.6 Å². The van der Waals surface area contributed by atoms with Crippen molar-refractivity contribution in [2.45, 2.75) is 57.5 Å². The lowest BCUT2D eigenvalue weighted by Crippen LogP contribution is -2.53. The number of carbonyl (C=O) groups excluding carboxylic acids is 2. The molecule has 0 saturated carbocycles. The topological polar surface area (TPSA) is 96.0 Å². The Morgan fingerprint density at radius 1 is 0.854 bits per heavy atom. The maximum Gasteiger partial charge on any atom is 0.264 e. The normalized spacial score (nSPS) is 11.9. The van der Waals surface area contributed by atoms with Gasteiger partial charge in [-0.15, -0.1) is 0 Å². The zero-order chi connectivity index (χ0) is 34.7. The minimum atomic E-state index is -4.24. The average Bonchev–Trinajstić information content (AvgIpc) is 3.07. The summed E-state index contributed by atoms with van der Waals surface area (Å²) in [6.45, 7) is 5.87. The van der Waals surface area contributed by atoms with E-state index in [9.17, 15) is 18.0 Å². The second kappa shape index (κ2) is 17.4. The Bertz CT molecular complexity index is 1750. The molecule has 0 aliphatic heterocycles. The highest BCUT2D eigenvalue weighted by atomic mass is 35.5. The van der Waals surface area contributed by atoms with Crippen LogP contribution in [0.4, 0.5) is 5.69 Å². The van der Waals surface area contributed by atoms with Gasteiger partial charge in [-0.05, 0) is 74.4 Å². The van der Waals surface area contributed by atoms with Crippen molar-refractivity contribution in [2.24, 2.45) is 0 Å². The Hall–Kier alpha value is -4.05. The smallest absolute Gasteiger partial charge is 0.264 e. The Labute approximate surface area is 293 Å². The third kappa shape index (κ3) is 9.52. The van der Waals surface area contributed by atoms with Crippen molar-refractivity contribution in [3.05, 3.63) is 124 Å². The second-order valence-corrected chi connectivity index (χ2v) is 14.0. The van der Waals surface area contributed by atoms with E-state index in [2.05, 4.69) is 5.32 Å². The summed E-state index contributed by atoms with van der Waals surface area (Å²) in [7, 11) is -4.24. The number of anilines is 1. The molecule has 0 aliphatic rings. The number of nitrogens with one attached hydrogen (secondary N) is 1. The van der Waals surface area contributed by atoms with Crippen LogP contribution in [0.25, 0.3) is 0 Å². The van der Waals surface area contributed by atoms with Crippen molar-refractivity contribution in [1.82, 2.24) is 10.2 Å². The molecule has 4 aromatic carbocycles. The van der Waals surface area contributed by atoms with Crippen LogP contribution in [-0.4, -0.2) is 50.9 Å². The van der Waals surface area contributed by atoms with Crippen LogP contribution in [0.3, 0.4) is 0 Å². The van der Waals surface area contributed by atoms with Crippen molar-refractivity contribution >= 4 is 50.7 Å². The number of amides is 2. The average molecular weight is 711 g/mol. The van der Waals surface area contributed by atoms with Gasteiger partial charge in [0.05, 0.1) is 17.2 Å². The van der Waals surface area contributed by atoms with E-state index in [0.717, 1.165) is 28.3 Å². The van der Waals surface area contributed by atoms with E-state index >= 15 is 0 Å². The molecule has 0 radical (unpaired) electrons. The van der Waals surface area contributed by atoms with E-state index in [1.165, 1.54) is 17.0 Å². The lowest BCUT2D eigenvalue weighted by molar-refractivity contribution is -0.140. The summed E-state index contributed by atoms with van der Waals surface area (Å²) in [5, 5.41) is 3.61. The number of sulfonamides is 1. The third-order valence-corrected chi connectivity index (χ3v) is 10.3. The fourth-order valence-electron chi connectivity index (χ4n) is 5.16. The molecule has 4 aromatic rings. The molecule has 0 bridgehead atoms. The number of rotatable bonds is 16. The number of aryl methyl sites for hydroxylation is 1. The first-order valence-corrected chi connectivity index (χ1v) is 18.1. The summed E-state index contributed by atoms with van der Waals surface area (Å²) in [6, 6.07) is 26.3. The van der Waals surface area contributed by atoms with Gasteiger partial charge in [0, 0.05) is 35.1 Å². The molecule has 8 nitrogen and oxygen atoms in total. The molecule has 1 atom stereocenters. The number of halogens is 2. The van der Waals surface area contributed by atoms with Gasteiger partial charge in [0.25, 0.3) is 10.0 Å². The predicted molar refractivity (Wildman–Crippen MR) is 192 cm³/mol. The molecule has 0 fully saturated rings. The second-order valence-electron chi connectivity index (χ2n) is 11.3. The maximum absolute atomic E-state index is 14.7. The number of hydrogen-bond acceptors (Lipinski definition) is 5. The molecular weight excluding hydrogens is 669 g/mol. The first-order chi connectivity index (χ1) is 23.0. The largest absolute Gasteiger partial charge is 0.494 e. The van der Waals surface area contributed by atoms with E-state index < -0.39 is 28.5 Å². The zero-order valence-corrected chi connectivity index (χ0v) is 29.7. The summed E-state index contributed by atoms with van der Waals surface area (Å²) >= 11 is 13.2. The summed E-state index contributed by atoms with van der Waals surface area (Å²) < 4.78 is 35.1. The van der Waals surface area contributed by atoms with E-state index in [1.54, 1.807) is 54.6 Å². The fourth-order valence-corrected chi connectivity index (χ4v) is 7.09. The molecule has 48 heavy (non-hydrogen) atoms. The lowest BCUT2D eigenvalue weighted by atomic mass is 10.0. The van der Waals surface area contributed by atoms with Crippen LogP contribution >= 0.6 is 23.2 Å². The number of nitrogens with zero attached hydrogens (tertiary/aromatic N) is 2. The van der Waals surface area contributed by atoms with Crippen molar-refractivity contribution in [3.8, 4) is 5.75 Å². The maximum atomic E-state index is 14.7. The van der Waals surface area contributed by atoms with Gasteiger partial charge in [-0.3, -0.25) is 13.9 Å². The Balaban J connectivity index is 1.82. The van der Waals surface area contributed by atoms with Gasteiger partial charge in [0.15, 0.2) is 0 Å². The molecular formula is C37H41Cl2N3O5S. The Kier molecular flexibility index (Phi) is 13.3. The summed E-state index contributed by atoms with van der Waals surface area (Å²) in [5.41, 5.74) is 2.42. The highest BCUT2D eigenvalue weighted by Crippen LogP contribution is 2.30. The Morgan fingerprint density at radius 2 is 1.50 bits per heavy atom. The summed E-state index contributed by atoms with van der Waals surface area (Å²) in [5.74, 6) is -0.415. The molecule has 2 amide bonds. The van der Waals surface area contributed by atoms with Crippen LogP contribution in [0.15, 0.2) is 102 Å². The SMILES string of the molecule is CCCCNC(=O)C(Cc1ccccc1)N(Cc1c(Cl)cccc1Cl)C(=O)CN(c1ccc(OCC)cc1)S(=O)(=O)c1ccc(C)cc1. The lowest BCUT2D eigenvalue weighted by Gasteiger charge is -2.34. The van der Waals surface area contributed by atoms with Crippen LogP contribution in [0.2, 0.25) is 10.0 Å². The van der Waals surface area contributed by atoms with Gasteiger partial charge in [-0.2, -0.15) is 0 Å². The van der Waals surface area contributed by atoms with Crippen molar-refractivity contribution in [3.63, 3.8) is 0 Å². The first-order valence-electron chi connectivity index (χ1n) is 15.9. The van der Waals surface area contributed by atoms with Crippen molar-refractivity contribution < 1.29 is 22.7 Å². The molecule has 254 valence electrons. The molecule has 0 heterocycles. The van der Waals surface area contributed by atoms with Crippen LogP contribution in [0.1, 0.15) is 43.4 Å². The van der Waals surface area contributed by atoms with E-state index in [-0.39, 0.29) is 29.5 Å². The standard InChI is InChI=1S/C37H41Cl2N3O5S/c1-4-6-23-40-37(44)35(24-28-11-8-7-9-12-28)41(25-32-33(38)13-10-14-34(32)39)36(43)26-42(29-17-19-30(20-18-29)47-5-2)48(45,46)31-21-15-27(3)16-22-31/h7-22,35H,4-6,23-26H2,1-3H3,(H,40,44). The minimum Gasteiger partial charge on any atom is -0.494 e. The van der Waals surface area contributed by atoms with Gasteiger partial charge >= 0.3 is 0 Å². The molecule has 1 N–H and O–H groups in total. The van der Waals surface area contributed by atoms with Crippen LogP contribution < -0.4 is 14.4 Å². The Morgan fingerprint density at radius 3 is 2.10 bits per heavy atom. The number of unbranched alkanes of at least 4 members (excludes halogenated alkanes) is 1. The van der Waals surface area contributed by atoms with Crippen molar-refractivity contribution in [1.29, 1.82) is 0 Å². The van der Waals surface area contributed by atoms with E-state index in [0.29, 0.717) is 34.5 Å². The molecule has 0 saturated heterocycles. The number of carbonyl (C=O) groups is 2. The zero-order valence-electron chi connectivity index (χ0n) is 27.4.